The molecule has 6 heteroatoms. The Hall–Kier alpha value is -2.99. The van der Waals surface area contributed by atoms with E-state index < -0.39 is 5.91 Å². The standard InChI is InChI=1S/C24H23ClN2O3/c1-17(14-18-8-4-2-5-9-18)26-16-23(28)27(30)22-13-12-20(25)15-21(22)24(29)19-10-6-3-7-11-19/h2-13,15,17,26,30H,14,16H2,1H3/t17-/m0/s1. The molecule has 1 atom stereocenters. The fourth-order valence-electron chi connectivity index (χ4n) is 3.13. The number of nitrogens with one attached hydrogen (secondary N) is 1. The molecule has 5 nitrogen and oxygen atoms in total. The highest BCUT2D eigenvalue weighted by Crippen LogP contribution is 2.26. The Bertz CT molecular complexity index is 1010. The average molecular weight is 423 g/mol. The number of hydrogen-bond donors (Lipinski definition) is 2. The van der Waals surface area contributed by atoms with Gasteiger partial charge in [-0.3, -0.25) is 14.8 Å². The quantitative estimate of drug-likeness (QED) is 0.318. The van der Waals surface area contributed by atoms with Crippen LogP contribution in [0.3, 0.4) is 0 Å². The largest absolute Gasteiger partial charge is 0.305 e. The molecule has 0 saturated carbocycles. The minimum Gasteiger partial charge on any atom is -0.305 e. The summed E-state index contributed by atoms with van der Waals surface area (Å²) in [6.45, 7) is 1.89. The molecule has 3 aromatic rings. The van der Waals surface area contributed by atoms with Crippen LogP contribution < -0.4 is 10.4 Å². The number of hydroxylamine groups is 1. The summed E-state index contributed by atoms with van der Waals surface area (Å²) in [4.78, 5) is 25.5. The summed E-state index contributed by atoms with van der Waals surface area (Å²) in [5.41, 5.74) is 1.84. The SMILES string of the molecule is C[C@@H](Cc1ccccc1)NCC(=O)N(O)c1ccc(Cl)cc1C(=O)c1ccccc1. The lowest BCUT2D eigenvalue weighted by molar-refractivity contribution is -0.122. The molecule has 0 aromatic heterocycles. The second-order valence-electron chi connectivity index (χ2n) is 7.03. The molecule has 0 bridgehead atoms. The molecule has 0 unspecified atom stereocenters. The van der Waals surface area contributed by atoms with Gasteiger partial charge in [-0.1, -0.05) is 72.3 Å². The molecule has 0 fully saturated rings. The second-order valence-corrected chi connectivity index (χ2v) is 7.47. The minimum atomic E-state index is -0.570. The average Bonchev–Trinajstić information content (AvgIpc) is 2.77. The van der Waals surface area contributed by atoms with Crippen molar-refractivity contribution in [3.8, 4) is 0 Å². The van der Waals surface area contributed by atoms with Crippen molar-refractivity contribution in [2.24, 2.45) is 0 Å². The number of carbonyl (C=O) groups excluding carboxylic acids is 2. The molecule has 1 amide bonds. The van der Waals surface area contributed by atoms with Crippen LogP contribution in [0.25, 0.3) is 0 Å². The molecule has 0 spiro atoms. The van der Waals surface area contributed by atoms with Gasteiger partial charge in [-0.05, 0) is 37.1 Å². The number of benzene rings is 3. The minimum absolute atomic E-state index is 0.0281. The number of ketones is 1. The Balaban J connectivity index is 1.70. The number of carbonyl (C=O) groups is 2. The van der Waals surface area contributed by atoms with Crippen LogP contribution in [0.2, 0.25) is 5.02 Å². The van der Waals surface area contributed by atoms with Gasteiger partial charge < -0.3 is 5.32 Å². The van der Waals surface area contributed by atoms with Crippen LogP contribution in [0.1, 0.15) is 28.4 Å². The first-order chi connectivity index (χ1) is 14.5. The van der Waals surface area contributed by atoms with Crippen molar-refractivity contribution in [2.45, 2.75) is 19.4 Å². The van der Waals surface area contributed by atoms with Gasteiger partial charge in [-0.25, -0.2) is 0 Å². The van der Waals surface area contributed by atoms with Gasteiger partial charge in [0.1, 0.15) is 0 Å². The van der Waals surface area contributed by atoms with Crippen molar-refractivity contribution in [1.29, 1.82) is 0 Å². The fraction of sp³-hybridized carbons (Fsp3) is 0.167. The highest BCUT2D eigenvalue weighted by atomic mass is 35.5. The van der Waals surface area contributed by atoms with Crippen molar-refractivity contribution < 1.29 is 14.8 Å². The molecule has 2 N–H and O–H groups in total. The van der Waals surface area contributed by atoms with Gasteiger partial charge in [-0.2, -0.15) is 5.06 Å². The van der Waals surface area contributed by atoms with E-state index in [-0.39, 0.29) is 29.6 Å². The summed E-state index contributed by atoms with van der Waals surface area (Å²) in [7, 11) is 0. The molecule has 0 saturated heterocycles. The van der Waals surface area contributed by atoms with E-state index >= 15 is 0 Å². The van der Waals surface area contributed by atoms with E-state index in [0.717, 1.165) is 12.0 Å². The van der Waals surface area contributed by atoms with E-state index in [1.165, 1.54) is 18.2 Å². The molecule has 0 radical (unpaired) electrons. The van der Waals surface area contributed by atoms with E-state index in [9.17, 15) is 14.8 Å². The molecular formula is C24H23ClN2O3. The maximum atomic E-state index is 12.9. The molecule has 3 rings (SSSR count). The number of rotatable bonds is 8. The lowest BCUT2D eigenvalue weighted by Crippen LogP contribution is -2.40. The Kier molecular flexibility index (Phi) is 7.36. The van der Waals surface area contributed by atoms with Gasteiger partial charge in [0.25, 0.3) is 5.91 Å². The molecule has 30 heavy (non-hydrogen) atoms. The van der Waals surface area contributed by atoms with E-state index in [2.05, 4.69) is 5.32 Å². The van der Waals surface area contributed by atoms with Crippen molar-refractivity contribution >= 4 is 29.0 Å². The number of anilines is 1. The molecule has 0 heterocycles. The summed E-state index contributed by atoms with van der Waals surface area (Å²) in [6.07, 6.45) is 0.748. The van der Waals surface area contributed by atoms with E-state index in [1.807, 2.05) is 37.3 Å². The fourth-order valence-corrected chi connectivity index (χ4v) is 3.30. The monoisotopic (exact) mass is 422 g/mol. The van der Waals surface area contributed by atoms with Gasteiger partial charge in [0.15, 0.2) is 5.78 Å². The van der Waals surface area contributed by atoms with Gasteiger partial charge in [-0.15, -0.1) is 0 Å². The molecule has 0 aliphatic heterocycles. The number of hydrogen-bond acceptors (Lipinski definition) is 4. The number of halogens is 1. The van der Waals surface area contributed by atoms with Crippen LogP contribution >= 0.6 is 11.6 Å². The van der Waals surface area contributed by atoms with Gasteiger partial charge >= 0.3 is 0 Å². The van der Waals surface area contributed by atoms with Crippen molar-refractivity contribution in [3.05, 3.63) is 101 Å². The molecule has 0 aliphatic carbocycles. The third-order valence-electron chi connectivity index (χ3n) is 4.69. The first-order valence-electron chi connectivity index (χ1n) is 9.64. The lowest BCUT2D eigenvalue weighted by Gasteiger charge is -2.20. The third-order valence-corrected chi connectivity index (χ3v) is 4.93. The molecular weight excluding hydrogens is 400 g/mol. The Morgan fingerprint density at radius 1 is 1.00 bits per heavy atom. The first-order valence-corrected chi connectivity index (χ1v) is 10.0. The number of amides is 1. The lowest BCUT2D eigenvalue weighted by atomic mass is 10.0. The molecule has 154 valence electrons. The Morgan fingerprint density at radius 2 is 1.63 bits per heavy atom. The summed E-state index contributed by atoms with van der Waals surface area (Å²) < 4.78 is 0. The predicted molar refractivity (Wildman–Crippen MR) is 118 cm³/mol. The van der Waals surface area contributed by atoms with E-state index in [0.29, 0.717) is 15.6 Å². The number of nitrogens with zero attached hydrogens (tertiary/aromatic N) is 1. The summed E-state index contributed by atoms with van der Waals surface area (Å²) in [5, 5.41) is 14.5. The Morgan fingerprint density at radius 3 is 2.30 bits per heavy atom. The van der Waals surface area contributed by atoms with Gasteiger partial charge in [0, 0.05) is 16.6 Å². The predicted octanol–water partition coefficient (Wildman–Crippen LogP) is 4.51. The highest BCUT2D eigenvalue weighted by molar-refractivity contribution is 6.31. The van der Waals surface area contributed by atoms with E-state index in [1.54, 1.807) is 30.3 Å². The van der Waals surface area contributed by atoms with E-state index in [4.69, 9.17) is 11.6 Å². The van der Waals surface area contributed by atoms with Crippen LogP contribution in [0.15, 0.2) is 78.9 Å². The zero-order valence-electron chi connectivity index (χ0n) is 16.6. The molecule has 0 aliphatic rings. The third kappa shape index (κ3) is 5.54. The summed E-state index contributed by atoms with van der Waals surface area (Å²) >= 11 is 6.06. The summed E-state index contributed by atoms with van der Waals surface area (Å²) in [6, 6.07) is 23.0. The molecule has 3 aromatic carbocycles. The summed E-state index contributed by atoms with van der Waals surface area (Å²) in [5.74, 6) is -0.898. The van der Waals surface area contributed by atoms with Gasteiger partial charge in [0.2, 0.25) is 0 Å². The van der Waals surface area contributed by atoms with Crippen LogP contribution in [0.5, 0.6) is 0 Å². The van der Waals surface area contributed by atoms with Crippen LogP contribution in [0.4, 0.5) is 5.69 Å². The highest BCUT2D eigenvalue weighted by Gasteiger charge is 2.22. The maximum absolute atomic E-state index is 12.9. The zero-order chi connectivity index (χ0) is 21.5. The second kappa shape index (κ2) is 10.2. The van der Waals surface area contributed by atoms with Crippen molar-refractivity contribution in [1.82, 2.24) is 5.32 Å². The van der Waals surface area contributed by atoms with Gasteiger partial charge in [0.05, 0.1) is 17.8 Å². The van der Waals surface area contributed by atoms with Crippen LogP contribution in [-0.4, -0.2) is 29.5 Å². The smallest absolute Gasteiger partial charge is 0.264 e. The zero-order valence-corrected chi connectivity index (χ0v) is 17.3. The Labute approximate surface area is 180 Å². The topological polar surface area (TPSA) is 69.6 Å². The first kappa shape index (κ1) is 21.7. The maximum Gasteiger partial charge on any atom is 0.264 e. The van der Waals surface area contributed by atoms with Crippen LogP contribution in [-0.2, 0) is 11.2 Å². The van der Waals surface area contributed by atoms with Crippen molar-refractivity contribution in [2.75, 3.05) is 11.6 Å². The van der Waals surface area contributed by atoms with Crippen molar-refractivity contribution in [3.63, 3.8) is 0 Å². The normalized spacial score (nSPS) is 11.7. The van der Waals surface area contributed by atoms with Crippen LogP contribution in [0, 0.1) is 0 Å².